The molecule has 0 aliphatic heterocycles. The standard InChI is InChI=1S/C15H25FOS/c1-6-18(5,15(2,3)4)17-12-11-13-9-7-8-10-14(13)16/h7-10H,6,11-12H2,1-5H3. The number of hydrogen-bond donors (Lipinski definition) is 0. The first-order chi connectivity index (χ1) is 8.30. The van der Waals surface area contributed by atoms with Crippen LogP contribution in [-0.4, -0.2) is 23.4 Å². The van der Waals surface area contributed by atoms with Gasteiger partial charge in [0, 0.05) is 4.75 Å². The Bertz CT molecular complexity index is 386. The molecule has 3 heteroatoms. The lowest BCUT2D eigenvalue weighted by molar-refractivity contribution is 0.349. The zero-order valence-corrected chi connectivity index (χ0v) is 12.9. The van der Waals surface area contributed by atoms with Crippen molar-refractivity contribution < 1.29 is 8.57 Å². The Labute approximate surface area is 112 Å². The summed E-state index contributed by atoms with van der Waals surface area (Å²) in [6.07, 6.45) is 2.86. The van der Waals surface area contributed by atoms with E-state index in [1.54, 1.807) is 6.07 Å². The van der Waals surface area contributed by atoms with Gasteiger partial charge in [-0.25, -0.2) is 4.39 Å². The predicted octanol–water partition coefficient (Wildman–Crippen LogP) is 4.55. The quantitative estimate of drug-likeness (QED) is 0.764. The van der Waals surface area contributed by atoms with Crippen molar-refractivity contribution in [2.45, 2.75) is 38.9 Å². The number of rotatable bonds is 5. The highest BCUT2D eigenvalue weighted by Gasteiger charge is 2.31. The summed E-state index contributed by atoms with van der Waals surface area (Å²) in [5.74, 6) is 0.901. The molecule has 104 valence electrons. The third-order valence-corrected chi connectivity index (χ3v) is 7.90. The van der Waals surface area contributed by atoms with E-state index < -0.39 is 10.3 Å². The van der Waals surface area contributed by atoms with Gasteiger partial charge in [0.25, 0.3) is 0 Å². The molecule has 1 nitrogen and oxygen atoms in total. The molecule has 0 aliphatic carbocycles. The maximum atomic E-state index is 13.5. The molecule has 0 spiro atoms. The van der Waals surface area contributed by atoms with E-state index in [-0.39, 0.29) is 10.6 Å². The van der Waals surface area contributed by atoms with Crippen molar-refractivity contribution in [2.75, 3.05) is 18.6 Å². The Morgan fingerprint density at radius 3 is 2.33 bits per heavy atom. The molecule has 18 heavy (non-hydrogen) atoms. The van der Waals surface area contributed by atoms with Gasteiger partial charge in [-0.2, -0.15) is 0 Å². The summed E-state index contributed by atoms with van der Waals surface area (Å²) in [6.45, 7) is 9.42. The summed E-state index contributed by atoms with van der Waals surface area (Å²) in [7, 11) is -1.10. The second-order valence-electron chi connectivity index (χ2n) is 5.57. The summed E-state index contributed by atoms with van der Waals surface area (Å²) in [5, 5.41) is 0. The van der Waals surface area contributed by atoms with E-state index >= 15 is 0 Å². The van der Waals surface area contributed by atoms with Gasteiger partial charge in [-0.1, -0.05) is 45.9 Å². The van der Waals surface area contributed by atoms with Gasteiger partial charge in [0.1, 0.15) is 5.82 Å². The van der Waals surface area contributed by atoms with Gasteiger partial charge >= 0.3 is 0 Å². The summed E-state index contributed by atoms with van der Waals surface area (Å²) < 4.78 is 19.8. The fraction of sp³-hybridized carbons (Fsp3) is 0.600. The Morgan fingerprint density at radius 2 is 1.83 bits per heavy atom. The summed E-state index contributed by atoms with van der Waals surface area (Å²) in [5.41, 5.74) is 0.740. The van der Waals surface area contributed by atoms with Crippen LogP contribution >= 0.6 is 10.3 Å². The number of hydrogen-bond acceptors (Lipinski definition) is 1. The van der Waals surface area contributed by atoms with Crippen LogP contribution in [0.3, 0.4) is 0 Å². The lowest BCUT2D eigenvalue weighted by Crippen LogP contribution is -2.28. The van der Waals surface area contributed by atoms with Crippen molar-refractivity contribution >= 4 is 10.3 Å². The maximum Gasteiger partial charge on any atom is 0.126 e. The lowest BCUT2D eigenvalue weighted by atomic mass is 10.1. The lowest BCUT2D eigenvalue weighted by Gasteiger charge is -2.46. The van der Waals surface area contributed by atoms with Gasteiger partial charge < -0.3 is 4.18 Å². The van der Waals surface area contributed by atoms with Crippen molar-refractivity contribution in [1.29, 1.82) is 0 Å². The summed E-state index contributed by atoms with van der Waals surface area (Å²) in [4.78, 5) is 0. The van der Waals surface area contributed by atoms with Gasteiger partial charge in [0.15, 0.2) is 0 Å². The molecule has 0 heterocycles. The molecular formula is C15H25FOS. The van der Waals surface area contributed by atoms with Crippen LogP contribution in [0.1, 0.15) is 33.3 Å². The highest BCUT2D eigenvalue weighted by Crippen LogP contribution is 2.56. The van der Waals surface area contributed by atoms with E-state index in [4.69, 9.17) is 4.18 Å². The van der Waals surface area contributed by atoms with E-state index in [2.05, 4.69) is 34.0 Å². The minimum absolute atomic E-state index is 0.134. The van der Waals surface area contributed by atoms with Gasteiger partial charge in [-0.05, 0) is 30.1 Å². The summed E-state index contributed by atoms with van der Waals surface area (Å²) in [6, 6.07) is 6.92. The van der Waals surface area contributed by atoms with Gasteiger partial charge in [-0.15, -0.1) is 10.3 Å². The second kappa shape index (κ2) is 6.07. The molecule has 0 aliphatic rings. The van der Waals surface area contributed by atoms with Crippen LogP contribution in [0.5, 0.6) is 0 Å². The van der Waals surface area contributed by atoms with Crippen LogP contribution in [0, 0.1) is 5.82 Å². The molecule has 0 fully saturated rings. The molecule has 0 saturated heterocycles. The molecule has 0 bridgehead atoms. The first-order valence-electron chi connectivity index (χ1n) is 6.43. The van der Waals surface area contributed by atoms with Gasteiger partial charge in [-0.3, -0.25) is 0 Å². The molecule has 1 atom stereocenters. The average Bonchev–Trinajstić information content (AvgIpc) is 2.30. The van der Waals surface area contributed by atoms with E-state index in [0.717, 1.165) is 11.3 Å². The van der Waals surface area contributed by atoms with E-state index in [1.165, 1.54) is 6.07 Å². The zero-order chi connectivity index (χ0) is 13.8. The normalized spacial score (nSPS) is 17.2. The predicted molar refractivity (Wildman–Crippen MR) is 79.9 cm³/mol. The Kier molecular flexibility index (Phi) is 5.23. The second-order valence-corrected chi connectivity index (χ2v) is 9.62. The van der Waals surface area contributed by atoms with Crippen molar-refractivity contribution in [3.05, 3.63) is 35.6 Å². The van der Waals surface area contributed by atoms with Crippen molar-refractivity contribution in [1.82, 2.24) is 0 Å². The fourth-order valence-electron chi connectivity index (χ4n) is 1.73. The molecule has 1 aromatic rings. The highest BCUT2D eigenvalue weighted by molar-refractivity contribution is 8.30. The van der Waals surface area contributed by atoms with Gasteiger partial charge in [0.2, 0.25) is 0 Å². The van der Waals surface area contributed by atoms with Crippen molar-refractivity contribution in [2.24, 2.45) is 0 Å². The van der Waals surface area contributed by atoms with Gasteiger partial charge in [0.05, 0.1) is 6.61 Å². The van der Waals surface area contributed by atoms with E-state index in [9.17, 15) is 4.39 Å². The van der Waals surface area contributed by atoms with E-state index in [1.807, 2.05) is 12.1 Å². The first kappa shape index (κ1) is 15.5. The third-order valence-electron chi connectivity index (χ3n) is 3.52. The molecule has 0 saturated carbocycles. The molecular weight excluding hydrogens is 247 g/mol. The Hall–Kier alpha value is -0.540. The van der Waals surface area contributed by atoms with Crippen molar-refractivity contribution in [3.63, 3.8) is 0 Å². The number of halogens is 1. The van der Waals surface area contributed by atoms with Crippen molar-refractivity contribution in [3.8, 4) is 0 Å². The highest BCUT2D eigenvalue weighted by atomic mass is 32.3. The maximum absolute atomic E-state index is 13.5. The van der Waals surface area contributed by atoms with Crippen LogP contribution in [-0.2, 0) is 10.6 Å². The number of benzene rings is 1. The first-order valence-corrected chi connectivity index (χ1v) is 8.57. The average molecular weight is 272 g/mol. The molecule has 0 aromatic heterocycles. The largest absolute Gasteiger partial charge is 0.336 e. The topological polar surface area (TPSA) is 9.23 Å². The Morgan fingerprint density at radius 1 is 1.22 bits per heavy atom. The van der Waals surface area contributed by atoms with Crippen LogP contribution in [0.2, 0.25) is 0 Å². The van der Waals surface area contributed by atoms with Crippen LogP contribution < -0.4 is 0 Å². The van der Waals surface area contributed by atoms with E-state index in [0.29, 0.717) is 13.0 Å². The summed E-state index contributed by atoms with van der Waals surface area (Å²) >= 11 is 0. The SMILES string of the molecule is CCS(C)(OCCc1ccccc1F)C(C)(C)C. The molecule has 1 rings (SSSR count). The monoisotopic (exact) mass is 272 g/mol. The third kappa shape index (κ3) is 3.72. The molecule has 0 amide bonds. The van der Waals surface area contributed by atoms with Crippen LogP contribution in [0.25, 0.3) is 0 Å². The fourth-order valence-corrected chi connectivity index (χ4v) is 3.57. The minimum Gasteiger partial charge on any atom is -0.336 e. The minimum atomic E-state index is -1.10. The molecule has 0 N–H and O–H groups in total. The van der Waals surface area contributed by atoms with Crippen LogP contribution in [0.15, 0.2) is 24.3 Å². The zero-order valence-electron chi connectivity index (χ0n) is 12.1. The molecule has 1 unspecified atom stereocenters. The smallest absolute Gasteiger partial charge is 0.126 e. The Balaban J connectivity index is 2.58. The molecule has 1 aromatic carbocycles. The molecule has 0 radical (unpaired) electrons. The van der Waals surface area contributed by atoms with Crippen LogP contribution in [0.4, 0.5) is 4.39 Å².